The zero-order chi connectivity index (χ0) is 13.1. The van der Waals surface area contributed by atoms with Crippen molar-refractivity contribution in [3.63, 3.8) is 0 Å². The molecule has 2 aromatic rings. The van der Waals surface area contributed by atoms with E-state index in [-0.39, 0.29) is 6.54 Å². The van der Waals surface area contributed by atoms with Crippen LogP contribution >= 0.6 is 0 Å². The smallest absolute Gasteiger partial charge is 0.312 e. The number of aromatic nitrogens is 3. The van der Waals surface area contributed by atoms with E-state index in [1.54, 1.807) is 24.4 Å². The maximum Gasteiger partial charge on any atom is 0.316 e. The highest BCUT2D eigenvalue weighted by atomic mass is 16.2. The fourth-order valence-electron chi connectivity index (χ4n) is 1.54. The molecule has 0 aliphatic heterocycles. The molecule has 0 radical (unpaired) electrons. The van der Waals surface area contributed by atoms with Crippen molar-refractivity contribution >= 4 is 5.82 Å². The summed E-state index contributed by atoms with van der Waals surface area (Å²) in [6, 6.07) is 5.23. The lowest BCUT2D eigenvalue weighted by atomic mass is 10.3. The average Bonchev–Trinajstić information content (AvgIpc) is 2.40. The second kappa shape index (κ2) is 4.84. The van der Waals surface area contributed by atoms with Crippen LogP contribution in [0.4, 0.5) is 5.82 Å². The van der Waals surface area contributed by atoms with Crippen LogP contribution < -0.4 is 22.4 Å². The molecule has 0 unspecified atom stereocenters. The van der Waals surface area contributed by atoms with Crippen LogP contribution in [0.3, 0.4) is 0 Å². The third-order valence-corrected chi connectivity index (χ3v) is 2.52. The maximum atomic E-state index is 11.7. The molecule has 2 aromatic heterocycles. The summed E-state index contributed by atoms with van der Waals surface area (Å²) >= 11 is 0. The second-order valence-corrected chi connectivity index (χ2v) is 3.81. The Morgan fingerprint density at radius 2 is 2.06 bits per heavy atom. The number of hydrazine groups is 1. The van der Waals surface area contributed by atoms with Gasteiger partial charge in [0.1, 0.15) is 5.82 Å². The zero-order valence-corrected chi connectivity index (χ0v) is 9.83. The van der Waals surface area contributed by atoms with Crippen LogP contribution in [0.15, 0.2) is 40.2 Å². The molecule has 0 atom stereocenters. The van der Waals surface area contributed by atoms with Gasteiger partial charge in [0.25, 0.3) is 0 Å². The Morgan fingerprint density at radius 1 is 1.28 bits per heavy atom. The van der Waals surface area contributed by atoms with Gasteiger partial charge in [0, 0.05) is 19.4 Å². The van der Waals surface area contributed by atoms with Gasteiger partial charge >= 0.3 is 11.1 Å². The molecule has 3 N–H and O–H groups in total. The van der Waals surface area contributed by atoms with Crippen LogP contribution in [0, 0.1) is 0 Å². The van der Waals surface area contributed by atoms with Crippen LogP contribution in [0.2, 0.25) is 0 Å². The summed E-state index contributed by atoms with van der Waals surface area (Å²) in [5.41, 5.74) is 1.92. The highest BCUT2D eigenvalue weighted by Gasteiger charge is 2.04. The molecule has 0 amide bonds. The summed E-state index contributed by atoms with van der Waals surface area (Å²) in [6.07, 6.45) is 3.09. The van der Waals surface area contributed by atoms with E-state index >= 15 is 0 Å². The van der Waals surface area contributed by atoms with Gasteiger partial charge in [-0.25, -0.2) is 10.8 Å². The summed E-state index contributed by atoms with van der Waals surface area (Å²) < 4.78 is 2.55. The first kappa shape index (κ1) is 12.1. The average molecular weight is 247 g/mol. The number of rotatable bonds is 3. The van der Waals surface area contributed by atoms with Gasteiger partial charge in [-0.1, -0.05) is 6.07 Å². The molecule has 94 valence electrons. The van der Waals surface area contributed by atoms with E-state index in [9.17, 15) is 9.59 Å². The number of pyridine rings is 1. The molecule has 0 aliphatic carbocycles. The van der Waals surface area contributed by atoms with Gasteiger partial charge in [-0.2, -0.15) is 0 Å². The molecule has 0 saturated heterocycles. The monoisotopic (exact) mass is 247 g/mol. The van der Waals surface area contributed by atoms with E-state index < -0.39 is 11.1 Å². The van der Waals surface area contributed by atoms with Crippen LogP contribution in [-0.4, -0.2) is 14.1 Å². The van der Waals surface area contributed by atoms with Gasteiger partial charge in [0.15, 0.2) is 0 Å². The highest BCUT2D eigenvalue weighted by Crippen LogP contribution is 2.03. The largest absolute Gasteiger partial charge is 0.316 e. The van der Waals surface area contributed by atoms with Crippen molar-refractivity contribution in [3.05, 3.63) is 57.0 Å². The first-order chi connectivity index (χ1) is 8.61. The van der Waals surface area contributed by atoms with E-state index in [1.807, 2.05) is 0 Å². The summed E-state index contributed by atoms with van der Waals surface area (Å²) in [6.45, 7) is 0.227. The van der Waals surface area contributed by atoms with Crippen molar-refractivity contribution in [2.24, 2.45) is 12.9 Å². The molecule has 0 aliphatic rings. The fourth-order valence-corrected chi connectivity index (χ4v) is 1.54. The molecule has 0 fully saturated rings. The minimum atomic E-state index is -0.576. The van der Waals surface area contributed by atoms with Crippen molar-refractivity contribution in [2.75, 3.05) is 5.43 Å². The summed E-state index contributed by atoms with van der Waals surface area (Å²) in [4.78, 5) is 27.4. The lowest BCUT2D eigenvalue weighted by Crippen LogP contribution is -2.39. The summed E-state index contributed by atoms with van der Waals surface area (Å²) in [7, 11) is 1.53. The molecule has 2 heterocycles. The molecule has 0 aromatic carbocycles. The second-order valence-electron chi connectivity index (χ2n) is 3.81. The van der Waals surface area contributed by atoms with Crippen LogP contribution in [0.25, 0.3) is 0 Å². The van der Waals surface area contributed by atoms with E-state index in [0.29, 0.717) is 11.5 Å². The third-order valence-electron chi connectivity index (χ3n) is 2.52. The molecule has 0 saturated carbocycles. The fraction of sp³-hybridized carbons (Fsp3) is 0.182. The topological polar surface area (TPSA) is 94.9 Å². The number of aryl methyl sites for hydroxylation is 1. The Labute approximate surface area is 102 Å². The van der Waals surface area contributed by atoms with E-state index in [2.05, 4.69) is 10.4 Å². The lowest BCUT2D eigenvalue weighted by Gasteiger charge is -2.07. The van der Waals surface area contributed by atoms with E-state index in [0.717, 1.165) is 0 Å². The first-order valence-corrected chi connectivity index (χ1v) is 5.30. The minimum absolute atomic E-state index is 0.227. The summed E-state index contributed by atoms with van der Waals surface area (Å²) in [5.74, 6) is 5.76. The standard InChI is InChI=1S/C11H13N5O2/c1-15-5-6-16(11(18)10(15)17)7-8-3-2-4-9(13-8)14-12/h2-6H,7,12H2,1H3,(H,13,14). The van der Waals surface area contributed by atoms with Gasteiger partial charge in [-0.05, 0) is 12.1 Å². The number of anilines is 1. The maximum absolute atomic E-state index is 11.7. The van der Waals surface area contributed by atoms with E-state index in [4.69, 9.17) is 5.84 Å². The molecule has 18 heavy (non-hydrogen) atoms. The van der Waals surface area contributed by atoms with Crippen LogP contribution in [0.1, 0.15) is 5.69 Å². The minimum Gasteiger partial charge on any atom is -0.312 e. The van der Waals surface area contributed by atoms with Crippen molar-refractivity contribution < 1.29 is 0 Å². The molecular formula is C11H13N5O2. The Kier molecular flexibility index (Phi) is 3.24. The Hall–Kier alpha value is -2.41. The molecule has 7 nitrogen and oxygen atoms in total. The van der Waals surface area contributed by atoms with Gasteiger partial charge in [0.2, 0.25) is 0 Å². The number of nitrogen functional groups attached to an aromatic ring is 1. The SMILES string of the molecule is Cn1ccn(Cc2cccc(NN)n2)c(=O)c1=O. The normalized spacial score (nSPS) is 10.3. The van der Waals surface area contributed by atoms with Crippen LogP contribution in [-0.2, 0) is 13.6 Å². The van der Waals surface area contributed by atoms with Crippen molar-refractivity contribution in [1.29, 1.82) is 0 Å². The molecular weight excluding hydrogens is 234 g/mol. The molecule has 0 bridgehead atoms. The molecule has 0 spiro atoms. The number of hydrogen-bond acceptors (Lipinski definition) is 5. The van der Waals surface area contributed by atoms with Crippen molar-refractivity contribution in [1.82, 2.24) is 14.1 Å². The lowest BCUT2D eigenvalue weighted by molar-refractivity contribution is 0.685. The number of nitrogens with two attached hydrogens (primary N) is 1. The van der Waals surface area contributed by atoms with Crippen molar-refractivity contribution in [3.8, 4) is 0 Å². The predicted octanol–water partition coefficient (Wildman–Crippen LogP) is -0.724. The molecule has 2 rings (SSSR count). The van der Waals surface area contributed by atoms with Gasteiger partial charge in [-0.3, -0.25) is 9.59 Å². The quantitative estimate of drug-likeness (QED) is 0.424. The Balaban J connectivity index is 2.37. The van der Waals surface area contributed by atoms with Gasteiger partial charge in [-0.15, -0.1) is 0 Å². The Bertz CT molecular complexity index is 674. The molecule has 7 heteroatoms. The number of nitrogens with one attached hydrogen (secondary N) is 1. The predicted molar refractivity (Wildman–Crippen MR) is 67.1 cm³/mol. The van der Waals surface area contributed by atoms with Crippen molar-refractivity contribution in [2.45, 2.75) is 6.54 Å². The number of hydrogen-bond donors (Lipinski definition) is 2. The van der Waals surface area contributed by atoms with Gasteiger partial charge < -0.3 is 14.6 Å². The Morgan fingerprint density at radius 3 is 2.78 bits per heavy atom. The van der Waals surface area contributed by atoms with Gasteiger partial charge in [0.05, 0.1) is 12.2 Å². The highest BCUT2D eigenvalue weighted by molar-refractivity contribution is 5.33. The zero-order valence-electron chi connectivity index (χ0n) is 9.83. The number of nitrogens with zero attached hydrogens (tertiary/aromatic N) is 3. The van der Waals surface area contributed by atoms with Crippen LogP contribution in [0.5, 0.6) is 0 Å². The first-order valence-electron chi connectivity index (χ1n) is 5.30. The third kappa shape index (κ3) is 2.30. The van der Waals surface area contributed by atoms with E-state index in [1.165, 1.54) is 22.4 Å². The summed E-state index contributed by atoms with van der Waals surface area (Å²) in [5, 5.41) is 0.